The topological polar surface area (TPSA) is 14.8 Å². The summed E-state index contributed by atoms with van der Waals surface area (Å²) in [5, 5.41) is 12.9. The van der Waals surface area contributed by atoms with E-state index in [2.05, 4.69) is 287 Å². The molecule has 328 valence electrons. The zero-order valence-corrected chi connectivity index (χ0v) is 39.3. The molecule has 0 saturated heterocycles. The SMILES string of the molecule is c1ccc(-c2ccccc2-n2c3cccc(-n4c5ccccc5c5ccccc54)c3c3cccc(-n4c5ccccc5c5c([Si](c6ccccc6)(c6ccccc6)c6ccccc6)cccc54)c32)cc1. The minimum atomic E-state index is -2.96. The van der Waals surface area contributed by atoms with Gasteiger partial charge >= 0.3 is 0 Å². The van der Waals surface area contributed by atoms with Gasteiger partial charge in [0.15, 0.2) is 8.07 Å². The molecule has 0 atom stereocenters. The van der Waals surface area contributed by atoms with Gasteiger partial charge in [0, 0.05) is 37.9 Å². The number of hydrogen-bond donors (Lipinski definition) is 0. The molecule has 0 radical (unpaired) electrons. The number of aromatic nitrogens is 3. The van der Waals surface area contributed by atoms with E-state index < -0.39 is 8.07 Å². The molecule has 0 amide bonds. The van der Waals surface area contributed by atoms with Crippen molar-refractivity contribution < 1.29 is 0 Å². The minimum Gasteiger partial charge on any atom is -0.309 e. The Morgan fingerprint density at radius 2 is 0.643 bits per heavy atom. The molecule has 0 aliphatic heterocycles. The molecule has 0 fully saturated rings. The Morgan fingerprint density at radius 1 is 0.243 bits per heavy atom. The zero-order valence-electron chi connectivity index (χ0n) is 38.3. The smallest absolute Gasteiger partial charge is 0.180 e. The quantitative estimate of drug-likeness (QED) is 0.107. The Kier molecular flexibility index (Phi) is 9.23. The van der Waals surface area contributed by atoms with Crippen molar-refractivity contribution in [2.45, 2.75) is 0 Å². The summed E-state index contributed by atoms with van der Waals surface area (Å²) in [6, 6.07) is 101. The normalized spacial score (nSPS) is 12.0. The van der Waals surface area contributed by atoms with Crippen molar-refractivity contribution in [3.8, 4) is 28.2 Å². The molecule has 11 aromatic carbocycles. The van der Waals surface area contributed by atoms with Gasteiger partial charge < -0.3 is 13.7 Å². The van der Waals surface area contributed by atoms with E-state index in [1.807, 2.05) is 0 Å². The van der Waals surface area contributed by atoms with Crippen LogP contribution in [0.4, 0.5) is 0 Å². The van der Waals surface area contributed by atoms with Crippen LogP contribution in [0.25, 0.3) is 93.6 Å². The standard InChI is InChI=1S/C66H45N3Si/c1-5-24-46(25-6-1)50-32-13-17-37-55(50)69-60-42-22-41-59(67-56-38-18-14-33-51(56)52-34-15-19-39-57(52)67)64(60)54-36-21-44-62(66(54)69)68-58-40-20-16-35-53(58)65-61(68)43-23-45-63(65)70(47-26-7-2-8-27-47,48-28-9-3-10-29-48)49-30-11-4-12-31-49/h1-45H. The fourth-order valence-corrected chi connectivity index (χ4v) is 17.0. The minimum absolute atomic E-state index is 1.12. The molecule has 0 N–H and O–H groups in total. The fraction of sp³-hybridized carbons (Fsp3) is 0. The maximum atomic E-state index is 2.57. The third kappa shape index (κ3) is 5.81. The number of fused-ring (bicyclic) bond motifs is 9. The lowest BCUT2D eigenvalue weighted by Gasteiger charge is -2.35. The van der Waals surface area contributed by atoms with Gasteiger partial charge in [-0.3, -0.25) is 0 Å². The van der Waals surface area contributed by atoms with Crippen LogP contribution >= 0.6 is 0 Å². The van der Waals surface area contributed by atoms with E-state index in [9.17, 15) is 0 Å². The van der Waals surface area contributed by atoms with Gasteiger partial charge in [0.1, 0.15) is 0 Å². The summed E-state index contributed by atoms with van der Waals surface area (Å²) in [5.74, 6) is 0. The molecule has 0 bridgehead atoms. The first-order chi connectivity index (χ1) is 34.8. The second kappa shape index (κ2) is 16.1. The summed E-state index contributed by atoms with van der Waals surface area (Å²) in [6.07, 6.45) is 0. The Labute approximate surface area is 407 Å². The number of nitrogens with zero attached hydrogens (tertiary/aromatic N) is 3. The van der Waals surface area contributed by atoms with Gasteiger partial charge in [0.05, 0.1) is 50.2 Å². The predicted octanol–water partition coefficient (Wildman–Crippen LogP) is 14.0. The van der Waals surface area contributed by atoms with Crippen LogP contribution in [-0.4, -0.2) is 21.8 Å². The molecule has 4 heteroatoms. The molecule has 14 rings (SSSR count). The molecule has 0 saturated carbocycles. The van der Waals surface area contributed by atoms with Crippen molar-refractivity contribution in [2.75, 3.05) is 0 Å². The Morgan fingerprint density at radius 3 is 1.26 bits per heavy atom. The van der Waals surface area contributed by atoms with E-state index in [4.69, 9.17) is 0 Å². The van der Waals surface area contributed by atoms with Gasteiger partial charge in [-0.2, -0.15) is 0 Å². The van der Waals surface area contributed by atoms with E-state index in [-0.39, 0.29) is 0 Å². The number of rotatable bonds is 8. The molecule has 3 heterocycles. The van der Waals surface area contributed by atoms with Gasteiger partial charge in [0.25, 0.3) is 0 Å². The van der Waals surface area contributed by atoms with E-state index in [1.165, 1.54) is 86.3 Å². The van der Waals surface area contributed by atoms with E-state index >= 15 is 0 Å². The average molecular weight is 908 g/mol. The summed E-state index contributed by atoms with van der Waals surface area (Å²) < 4.78 is 7.61. The van der Waals surface area contributed by atoms with Crippen LogP contribution in [0.3, 0.4) is 0 Å². The van der Waals surface area contributed by atoms with Crippen LogP contribution < -0.4 is 20.7 Å². The number of para-hydroxylation sites is 5. The lowest BCUT2D eigenvalue weighted by Crippen LogP contribution is -2.74. The van der Waals surface area contributed by atoms with Gasteiger partial charge in [0.2, 0.25) is 0 Å². The highest BCUT2D eigenvalue weighted by atomic mass is 28.3. The lowest BCUT2D eigenvalue weighted by molar-refractivity contribution is 1.13. The first kappa shape index (κ1) is 40.1. The molecule has 14 aromatic rings. The van der Waals surface area contributed by atoms with E-state index in [1.54, 1.807) is 0 Å². The molecule has 3 aromatic heterocycles. The highest BCUT2D eigenvalue weighted by Crippen LogP contribution is 2.44. The van der Waals surface area contributed by atoms with Crippen LogP contribution in [0.15, 0.2) is 273 Å². The summed E-state index contributed by atoms with van der Waals surface area (Å²) in [5.41, 5.74) is 12.8. The first-order valence-electron chi connectivity index (χ1n) is 24.2. The van der Waals surface area contributed by atoms with Crippen LogP contribution in [0.2, 0.25) is 0 Å². The monoisotopic (exact) mass is 907 g/mol. The summed E-state index contributed by atoms with van der Waals surface area (Å²) in [4.78, 5) is 0. The molecule has 3 nitrogen and oxygen atoms in total. The van der Waals surface area contributed by atoms with Crippen LogP contribution in [0.1, 0.15) is 0 Å². The van der Waals surface area contributed by atoms with Crippen molar-refractivity contribution in [3.05, 3.63) is 273 Å². The van der Waals surface area contributed by atoms with Crippen LogP contribution in [-0.2, 0) is 0 Å². The van der Waals surface area contributed by atoms with E-state index in [0.717, 1.165) is 28.1 Å². The lowest BCUT2D eigenvalue weighted by atomic mass is 10.0. The van der Waals surface area contributed by atoms with Crippen molar-refractivity contribution in [2.24, 2.45) is 0 Å². The molecule has 0 spiro atoms. The Hall–Kier alpha value is -8.96. The first-order valence-corrected chi connectivity index (χ1v) is 26.2. The molecule has 0 aliphatic rings. The Balaban J connectivity index is 1.15. The zero-order chi connectivity index (χ0) is 46.2. The molecular formula is C66H45N3Si. The van der Waals surface area contributed by atoms with Crippen molar-refractivity contribution in [1.29, 1.82) is 0 Å². The molecule has 0 aliphatic carbocycles. The maximum Gasteiger partial charge on any atom is 0.180 e. The third-order valence-corrected chi connectivity index (χ3v) is 19.6. The predicted molar refractivity (Wildman–Crippen MR) is 299 cm³/mol. The molecular weight excluding hydrogens is 863 g/mol. The van der Waals surface area contributed by atoms with E-state index in [0.29, 0.717) is 0 Å². The van der Waals surface area contributed by atoms with Crippen molar-refractivity contribution in [1.82, 2.24) is 13.7 Å². The van der Waals surface area contributed by atoms with Gasteiger partial charge in [-0.15, -0.1) is 0 Å². The van der Waals surface area contributed by atoms with Gasteiger partial charge in [-0.25, -0.2) is 0 Å². The summed E-state index contributed by atoms with van der Waals surface area (Å²) >= 11 is 0. The highest BCUT2D eigenvalue weighted by Gasteiger charge is 2.43. The van der Waals surface area contributed by atoms with Crippen LogP contribution in [0.5, 0.6) is 0 Å². The second-order valence-corrected chi connectivity index (χ2v) is 22.1. The molecule has 70 heavy (non-hydrogen) atoms. The van der Waals surface area contributed by atoms with Gasteiger partial charge in [-0.05, 0) is 74.8 Å². The van der Waals surface area contributed by atoms with Crippen LogP contribution in [0, 0.1) is 0 Å². The summed E-state index contributed by atoms with van der Waals surface area (Å²) in [7, 11) is -2.96. The van der Waals surface area contributed by atoms with Crippen molar-refractivity contribution in [3.63, 3.8) is 0 Å². The Bertz CT molecular complexity index is 4130. The second-order valence-electron chi connectivity index (χ2n) is 18.3. The third-order valence-electron chi connectivity index (χ3n) is 14.8. The molecule has 0 unspecified atom stereocenters. The maximum absolute atomic E-state index is 2.96. The number of hydrogen-bond acceptors (Lipinski definition) is 0. The largest absolute Gasteiger partial charge is 0.309 e. The average Bonchev–Trinajstić information content (AvgIpc) is 4.09. The summed E-state index contributed by atoms with van der Waals surface area (Å²) in [6.45, 7) is 0. The highest BCUT2D eigenvalue weighted by molar-refractivity contribution is 7.20. The van der Waals surface area contributed by atoms with Gasteiger partial charge in [-0.1, -0.05) is 224 Å². The van der Waals surface area contributed by atoms with Crippen molar-refractivity contribution >= 4 is 94.2 Å². The number of benzene rings is 11. The fourth-order valence-electron chi connectivity index (χ4n) is 12.0.